The summed E-state index contributed by atoms with van der Waals surface area (Å²) >= 11 is 2.73. The number of aromatic nitrogens is 5. The first-order valence-electron chi connectivity index (χ1n) is 9.46. The average molecular weight is 453 g/mol. The third-order valence-electron chi connectivity index (χ3n) is 4.39. The number of amides is 1. The van der Waals surface area contributed by atoms with Crippen molar-refractivity contribution in [3.63, 3.8) is 0 Å². The Labute approximate surface area is 187 Å². The molecule has 0 atom stereocenters. The van der Waals surface area contributed by atoms with Gasteiger partial charge < -0.3 is 10.1 Å². The number of benzene rings is 2. The summed E-state index contributed by atoms with van der Waals surface area (Å²) < 4.78 is 6.80. The van der Waals surface area contributed by atoms with Crippen LogP contribution in [-0.2, 0) is 11.2 Å². The minimum absolute atomic E-state index is 0.159. The molecule has 0 bridgehead atoms. The van der Waals surface area contributed by atoms with Crippen molar-refractivity contribution in [3.05, 3.63) is 70.7 Å². The minimum atomic E-state index is -0.159. The van der Waals surface area contributed by atoms with E-state index in [-0.39, 0.29) is 11.7 Å². The number of thioether (sulfide) groups is 1. The zero-order valence-corrected chi connectivity index (χ0v) is 18.6. The maximum Gasteiger partial charge on any atom is 0.236 e. The number of aryl methyl sites for hydroxylation is 1. The van der Waals surface area contributed by atoms with Gasteiger partial charge in [-0.1, -0.05) is 41.6 Å². The van der Waals surface area contributed by atoms with Gasteiger partial charge in [0.15, 0.2) is 5.13 Å². The summed E-state index contributed by atoms with van der Waals surface area (Å²) in [7, 11) is 1.65. The molecule has 0 aliphatic heterocycles. The van der Waals surface area contributed by atoms with Crippen LogP contribution in [-0.4, -0.2) is 44.0 Å². The fourth-order valence-corrected chi connectivity index (χ4v) is 4.35. The zero-order chi connectivity index (χ0) is 21.6. The van der Waals surface area contributed by atoms with E-state index in [1.807, 2.05) is 55.5 Å². The molecule has 0 fully saturated rings. The van der Waals surface area contributed by atoms with Gasteiger partial charge in [-0.05, 0) is 47.2 Å². The maximum atomic E-state index is 12.4. The van der Waals surface area contributed by atoms with E-state index in [9.17, 15) is 4.79 Å². The molecule has 0 saturated heterocycles. The summed E-state index contributed by atoms with van der Waals surface area (Å²) in [6.45, 7) is 2.02. The van der Waals surface area contributed by atoms with Gasteiger partial charge in [0.25, 0.3) is 0 Å². The number of anilines is 1. The Morgan fingerprint density at radius 2 is 1.94 bits per heavy atom. The molecule has 4 rings (SSSR count). The number of hydrogen-bond acceptors (Lipinski definition) is 8. The summed E-state index contributed by atoms with van der Waals surface area (Å²) in [6, 6.07) is 15.8. The van der Waals surface area contributed by atoms with Gasteiger partial charge in [0.05, 0.1) is 18.6 Å². The first-order chi connectivity index (χ1) is 15.1. The molecule has 2 heterocycles. The van der Waals surface area contributed by atoms with Crippen LogP contribution in [0.2, 0.25) is 0 Å². The van der Waals surface area contributed by atoms with Gasteiger partial charge in [0.2, 0.25) is 11.1 Å². The van der Waals surface area contributed by atoms with Gasteiger partial charge in [-0.25, -0.2) is 4.98 Å². The Balaban J connectivity index is 1.32. The molecule has 0 saturated carbocycles. The highest BCUT2D eigenvalue weighted by Gasteiger charge is 2.13. The largest absolute Gasteiger partial charge is 0.497 e. The second-order valence-corrected chi connectivity index (χ2v) is 8.76. The number of methoxy groups -OCH3 is 1. The Kier molecular flexibility index (Phi) is 6.58. The first kappa shape index (κ1) is 21.0. The van der Waals surface area contributed by atoms with Crippen molar-refractivity contribution >= 4 is 34.1 Å². The number of thiazole rings is 1. The summed E-state index contributed by atoms with van der Waals surface area (Å²) in [5, 5.41) is 15.7. The molecule has 10 heteroatoms. The number of carbonyl (C=O) groups excluding carboxylic acids is 1. The summed E-state index contributed by atoms with van der Waals surface area (Å²) in [4.78, 5) is 17.8. The number of nitrogens with one attached hydrogen (secondary N) is 1. The summed E-state index contributed by atoms with van der Waals surface area (Å²) in [5.74, 6) is 0.848. The van der Waals surface area contributed by atoms with Gasteiger partial charge in [-0.2, -0.15) is 4.68 Å². The van der Waals surface area contributed by atoms with Crippen LogP contribution < -0.4 is 10.1 Å². The quantitative estimate of drug-likeness (QED) is 0.407. The van der Waals surface area contributed by atoms with E-state index in [2.05, 4.69) is 25.8 Å². The van der Waals surface area contributed by atoms with E-state index in [1.54, 1.807) is 18.0 Å². The highest BCUT2D eigenvalue weighted by molar-refractivity contribution is 7.99. The van der Waals surface area contributed by atoms with E-state index in [1.165, 1.54) is 23.1 Å². The molecule has 1 amide bonds. The van der Waals surface area contributed by atoms with Crippen LogP contribution in [0.15, 0.2) is 59.9 Å². The Bertz CT molecular complexity index is 1160. The molecule has 31 heavy (non-hydrogen) atoms. The molecular formula is C21H20N6O2S2. The van der Waals surface area contributed by atoms with E-state index in [0.29, 0.717) is 10.3 Å². The molecule has 0 unspecified atom stereocenters. The van der Waals surface area contributed by atoms with Gasteiger partial charge >= 0.3 is 0 Å². The van der Waals surface area contributed by atoms with Crippen LogP contribution in [0.1, 0.15) is 16.0 Å². The second-order valence-electron chi connectivity index (χ2n) is 6.70. The Morgan fingerprint density at radius 1 is 1.16 bits per heavy atom. The summed E-state index contributed by atoms with van der Waals surface area (Å²) in [5.41, 5.74) is 3.16. The highest BCUT2D eigenvalue weighted by Crippen LogP contribution is 2.23. The molecule has 0 aliphatic rings. The fourth-order valence-electron chi connectivity index (χ4n) is 2.79. The molecular weight excluding hydrogens is 432 g/mol. The van der Waals surface area contributed by atoms with Crippen molar-refractivity contribution in [1.82, 2.24) is 25.2 Å². The van der Waals surface area contributed by atoms with E-state index in [4.69, 9.17) is 4.74 Å². The Morgan fingerprint density at radius 3 is 2.68 bits per heavy atom. The van der Waals surface area contributed by atoms with Crippen molar-refractivity contribution in [2.24, 2.45) is 0 Å². The van der Waals surface area contributed by atoms with Crippen LogP contribution in [0.3, 0.4) is 0 Å². The van der Waals surface area contributed by atoms with Gasteiger partial charge in [-0.3, -0.25) is 4.79 Å². The second kappa shape index (κ2) is 9.71. The standard InChI is InChI=1S/C21H20N6O2S2/c1-14-3-7-16(8-4-14)27-21(24-25-26-27)30-13-19(28)23-20-22-12-18(31-20)11-15-5-9-17(29-2)10-6-15/h3-10,12H,11,13H2,1-2H3,(H,22,23,28). The molecule has 0 radical (unpaired) electrons. The van der Waals surface area contributed by atoms with E-state index >= 15 is 0 Å². The molecule has 0 spiro atoms. The lowest BCUT2D eigenvalue weighted by atomic mass is 10.1. The van der Waals surface area contributed by atoms with Gasteiger partial charge in [0, 0.05) is 17.5 Å². The molecule has 4 aromatic rings. The van der Waals surface area contributed by atoms with E-state index in [0.717, 1.165) is 33.9 Å². The molecule has 2 aromatic heterocycles. The molecule has 0 aliphatic carbocycles. The van der Waals surface area contributed by atoms with Crippen molar-refractivity contribution in [1.29, 1.82) is 0 Å². The van der Waals surface area contributed by atoms with Crippen LogP contribution in [0.4, 0.5) is 5.13 Å². The SMILES string of the molecule is COc1ccc(Cc2cnc(NC(=O)CSc3nnnn3-c3ccc(C)cc3)s2)cc1. The minimum Gasteiger partial charge on any atom is -0.497 e. The van der Waals surface area contributed by atoms with Crippen LogP contribution >= 0.6 is 23.1 Å². The predicted molar refractivity (Wildman–Crippen MR) is 121 cm³/mol. The van der Waals surface area contributed by atoms with Crippen molar-refractivity contribution < 1.29 is 9.53 Å². The predicted octanol–water partition coefficient (Wildman–Crippen LogP) is 3.76. The lowest BCUT2D eigenvalue weighted by Crippen LogP contribution is -2.14. The number of hydrogen-bond donors (Lipinski definition) is 1. The maximum absolute atomic E-state index is 12.4. The smallest absolute Gasteiger partial charge is 0.236 e. The molecule has 158 valence electrons. The Hall–Kier alpha value is -3.24. The number of carbonyl (C=O) groups is 1. The number of rotatable bonds is 8. The summed E-state index contributed by atoms with van der Waals surface area (Å²) in [6.07, 6.45) is 2.53. The van der Waals surface area contributed by atoms with Crippen LogP contribution in [0, 0.1) is 6.92 Å². The average Bonchev–Trinajstić information content (AvgIpc) is 3.43. The number of tetrazole rings is 1. The lowest BCUT2D eigenvalue weighted by Gasteiger charge is -2.04. The molecule has 2 aromatic carbocycles. The van der Waals surface area contributed by atoms with Gasteiger partial charge in [-0.15, -0.1) is 16.4 Å². The zero-order valence-electron chi connectivity index (χ0n) is 17.0. The topological polar surface area (TPSA) is 94.8 Å². The third-order valence-corrected chi connectivity index (χ3v) is 6.22. The van der Waals surface area contributed by atoms with Crippen molar-refractivity contribution in [2.45, 2.75) is 18.5 Å². The third kappa shape index (κ3) is 5.47. The molecule has 8 nitrogen and oxygen atoms in total. The molecule has 1 N–H and O–H groups in total. The van der Waals surface area contributed by atoms with Crippen LogP contribution in [0.25, 0.3) is 5.69 Å². The van der Waals surface area contributed by atoms with E-state index < -0.39 is 0 Å². The monoisotopic (exact) mass is 452 g/mol. The first-order valence-corrected chi connectivity index (χ1v) is 11.3. The van der Waals surface area contributed by atoms with Crippen molar-refractivity contribution in [2.75, 3.05) is 18.2 Å². The highest BCUT2D eigenvalue weighted by atomic mass is 32.2. The number of ether oxygens (including phenoxy) is 1. The fraction of sp³-hybridized carbons (Fsp3) is 0.190. The van der Waals surface area contributed by atoms with Gasteiger partial charge in [0.1, 0.15) is 5.75 Å². The number of nitrogens with zero attached hydrogens (tertiary/aromatic N) is 5. The normalized spacial score (nSPS) is 10.8. The lowest BCUT2D eigenvalue weighted by molar-refractivity contribution is -0.113. The van der Waals surface area contributed by atoms with Crippen LogP contribution in [0.5, 0.6) is 5.75 Å². The van der Waals surface area contributed by atoms with Crippen molar-refractivity contribution in [3.8, 4) is 11.4 Å².